The Bertz CT molecular complexity index is 1300. The van der Waals surface area contributed by atoms with Gasteiger partial charge in [-0.15, -0.1) is 0 Å². The van der Waals surface area contributed by atoms with E-state index in [1.807, 2.05) is 44.3 Å². The quantitative estimate of drug-likeness (QED) is 0.156. The summed E-state index contributed by atoms with van der Waals surface area (Å²) >= 11 is 0. The van der Waals surface area contributed by atoms with Crippen molar-refractivity contribution in [1.29, 1.82) is 0 Å². The molecule has 8 N–H and O–H groups in total. The Balaban J connectivity index is 1.71. The molecule has 0 bridgehead atoms. The normalized spacial score (nSPS) is 14.5. The molecule has 3 rings (SSSR count). The van der Waals surface area contributed by atoms with Gasteiger partial charge in [-0.2, -0.15) is 0 Å². The zero-order valence-corrected chi connectivity index (χ0v) is 23.2. The van der Waals surface area contributed by atoms with Gasteiger partial charge in [-0.3, -0.25) is 14.4 Å². The summed E-state index contributed by atoms with van der Waals surface area (Å²) in [6.07, 6.45) is 5.30. The van der Waals surface area contributed by atoms with Gasteiger partial charge in [-0.25, -0.2) is 9.78 Å². The molecule has 0 saturated carbocycles. The zero-order valence-electron chi connectivity index (χ0n) is 23.2. The molecule has 0 aliphatic carbocycles. The minimum Gasteiger partial charge on any atom is -0.480 e. The monoisotopic (exact) mass is 553 g/mol. The van der Waals surface area contributed by atoms with E-state index in [0.717, 1.165) is 16.5 Å². The third-order valence-electron chi connectivity index (χ3n) is 6.63. The molecule has 4 atom stereocenters. The predicted molar refractivity (Wildman–Crippen MR) is 150 cm³/mol. The molecule has 0 saturated heterocycles. The smallest absolute Gasteiger partial charge is 0.326 e. The summed E-state index contributed by atoms with van der Waals surface area (Å²) < 4.78 is 0. The molecule has 1 aromatic carbocycles. The lowest BCUT2D eigenvalue weighted by Crippen LogP contribution is -2.59. The number of H-pyrrole nitrogens is 2. The van der Waals surface area contributed by atoms with Crippen molar-refractivity contribution in [2.45, 2.75) is 71.1 Å². The number of aromatic nitrogens is 3. The highest BCUT2D eigenvalue weighted by molar-refractivity contribution is 5.94. The van der Waals surface area contributed by atoms with Crippen molar-refractivity contribution in [2.24, 2.45) is 17.6 Å². The second-order valence-electron chi connectivity index (χ2n) is 10.8. The fraction of sp³-hybridized carbons (Fsp3) is 0.464. The Morgan fingerprint density at radius 3 is 2.25 bits per heavy atom. The number of carboxylic acids is 1. The molecule has 216 valence electrons. The van der Waals surface area contributed by atoms with Crippen molar-refractivity contribution in [3.05, 3.63) is 54.2 Å². The second-order valence-corrected chi connectivity index (χ2v) is 10.8. The Kier molecular flexibility index (Phi) is 10.4. The van der Waals surface area contributed by atoms with E-state index < -0.39 is 47.9 Å². The lowest BCUT2D eigenvalue weighted by Gasteiger charge is -2.27. The van der Waals surface area contributed by atoms with Crippen LogP contribution < -0.4 is 21.7 Å². The maximum Gasteiger partial charge on any atom is 0.326 e. The van der Waals surface area contributed by atoms with Crippen LogP contribution >= 0.6 is 0 Å². The first-order valence-corrected chi connectivity index (χ1v) is 13.4. The van der Waals surface area contributed by atoms with E-state index in [1.54, 1.807) is 13.8 Å². The van der Waals surface area contributed by atoms with Crippen molar-refractivity contribution in [1.82, 2.24) is 30.9 Å². The van der Waals surface area contributed by atoms with Crippen LogP contribution in [0.15, 0.2) is 43.0 Å². The number of hydrogen-bond acceptors (Lipinski definition) is 6. The summed E-state index contributed by atoms with van der Waals surface area (Å²) in [6, 6.07) is 3.57. The van der Waals surface area contributed by atoms with Gasteiger partial charge in [0.2, 0.25) is 17.7 Å². The van der Waals surface area contributed by atoms with E-state index in [-0.39, 0.29) is 31.1 Å². The SMILES string of the molecule is CC(C)CC(NC(=O)C(Cc1cnc[nH]1)NC(=O)C(NC(=O)C(N)Cc1c[nH]c2ccccc12)C(C)C)C(=O)O. The van der Waals surface area contributed by atoms with Crippen LogP contribution in [0.2, 0.25) is 0 Å². The highest BCUT2D eigenvalue weighted by Crippen LogP contribution is 2.19. The fourth-order valence-electron chi connectivity index (χ4n) is 4.48. The maximum atomic E-state index is 13.4. The Morgan fingerprint density at radius 1 is 0.925 bits per heavy atom. The standard InChI is InChI=1S/C28H39N7O5/c1-15(2)9-23(28(39)40)34-26(37)22(11-18-13-30-14-32-18)33-27(38)24(16(3)4)35-25(36)20(29)10-17-12-31-21-8-6-5-7-19(17)21/h5-8,12-16,20,22-24,31H,9-11,29H2,1-4H3,(H,30,32)(H,33,38)(H,34,37)(H,35,36)(H,39,40). The van der Waals surface area contributed by atoms with Gasteiger partial charge in [0.05, 0.1) is 12.4 Å². The Morgan fingerprint density at radius 2 is 1.62 bits per heavy atom. The Labute approximate surface area is 232 Å². The second kappa shape index (κ2) is 13.7. The van der Waals surface area contributed by atoms with Gasteiger partial charge in [0.25, 0.3) is 0 Å². The van der Waals surface area contributed by atoms with Crippen LogP contribution in [0.3, 0.4) is 0 Å². The number of carbonyl (C=O) groups is 4. The molecule has 3 aromatic rings. The number of rotatable bonds is 14. The number of hydrogen-bond donors (Lipinski definition) is 7. The van der Waals surface area contributed by atoms with Gasteiger partial charge in [0, 0.05) is 35.4 Å². The molecule has 0 aliphatic heterocycles. The van der Waals surface area contributed by atoms with Gasteiger partial charge < -0.3 is 36.8 Å². The minimum atomic E-state index is -1.16. The van der Waals surface area contributed by atoms with Crippen molar-refractivity contribution in [3.8, 4) is 0 Å². The van der Waals surface area contributed by atoms with Crippen molar-refractivity contribution in [2.75, 3.05) is 0 Å². The summed E-state index contributed by atoms with van der Waals surface area (Å²) in [4.78, 5) is 61.3. The number of para-hydroxylation sites is 1. The first kappa shape index (κ1) is 30.4. The molecular formula is C28H39N7O5. The molecule has 0 fully saturated rings. The van der Waals surface area contributed by atoms with Crippen LogP contribution in [0.25, 0.3) is 10.9 Å². The number of nitrogens with zero attached hydrogens (tertiary/aromatic N) is 1. The molecule has 40 heavy (non-hydrogen) atoms. The number of aliphatic carboxylic acids is 1. The van der Waals surface area contributed by atoms with E-state index in [1.165, 1.54) is 12.5 Å². The molecule has 2 aromatic heterocycles. The average molecular weight is 554 g/mol. The van der Waals surface area contributed by atoms with E-state index in [0.29, 0.717) is 5.69 Å². The van der Waals surface area contributed by atoms with Crippen LogP contribution in [0.4, 0.5) is 0 Å². The number of imidazole rings is 1. The highest BCUT2D eigenvalue weighted by atomic mass is 16.4. The van der Waals surface area contributed by atoms with Crippen LogP contribution in [0.5, 0.6) is 0 Å². The third kappa shape index (κ3) is 8.15. The topological polar surface area (TPSA) is 195 Å². The van der Waals surface area contributed by atoms with Crippen LogP contribution in [-0.2, 0) is 32.0 Å². The van der Waals surface area contributed by atoms with Gasteiger partial charge >= 0.3 is 5.97 Å². The van der Waals surface area contributed by atoms with E-state index in [2.05, 4.69) is 30.9 Å². The zero-order chi connectivity index (χ0) is 29.4. The van der Waals surface area contributed by atoms with Gasteiger partial charge in [0.15, 0.2) is 0 Å². The van der Waals surface area contributed by atoms with Gasteiger partial charge in [-0.1, -0.05) is 45.9 Å². The predicted octanol–water partition coefficient (Wildman–Crippen LogP) is 1.24. The molecule has 0 radical (unpaired) electrons. The number of carboxylic acid groups (broad SMARTS) is 1. The van der Waals surface area contributed by atoms with E-state index in [9.17, 15) is 24.3 Å². The summed E-state index contributed by atoms with van der Waals surface area (Å²) in [6.45, 7) is 7.24. The molecule has 12 heteroatoms. The van der Waals surface area contributed by atoms with E-state index in [4.69, 9.17) is 5.73 Å². The number of amides is 3. The molecular weight excluding hydrogens is 514 g/mol. The summed E-state index contributed by atoms with van der Waals surface area (Å²) in [5.41, 5.74) is 8.61. The first-order valence-electron chi connectivity index (χ1n) is 13.4. The molecule has 12 nitrogen and oxygen atoms in total. The summed E-state index contributed by atoms with van der Waals surface area (Å²) in [5, 5.41) is 18.5. The number of benzene rings is 1. The van der Waals surface area contributed by atoms with Crippen molar-refractivity contribution >= 4 is 34.6 Å². The van der Waals surface area contributed by atoms with Crippen LogP contribution in [0.1, 0.15) is 45.4 Å². The summed E-state index contributed by atoms with van der Waals surface area (Å²) in [5.74, 6) is -3.20. The largest absolute Gasteiger partial charge is 0.480 e. The van der Waals surface area contributed by atoms with Crippen molar-refractivity contribution < 1.29 is 24.3 Å². The Hall–Kier alpha value is -4.19. The average Bonchev–Trinajstić information content (AvgIpc) is 3.55. The van der Waals surface area contributed by atoms with Gasteiger partial charge in [0.1, 0.15) is 18.1 Å². The number of aromatic amines is 2. The fourth-order valence-corrected chi connectivity index (χ4v) is 4.48. The van der Waals surface area contributed by atoms with Gasteiger partial charge in [-0.05, 0) is 36.3 Å². The number of nitrogens with two attached hydrogens (primary N) is 1. The molecule has 0 spiro atoms. The van der Waals surface area contributed by atoms with Crippen molar-refractivity contribution in [3.63, 3.8) is 0 Å². The maximum absolute atomic E-state index is 13.4. The first-order chi connectivity index (χ1) is 19.0. The number of carbonyl (C=O) groups excluding carboxylic acids is 3. The molecule has 0 aliphatic rings. The number of fused-ring (bicyclic) bond motifs is 1. The van der Waals surface area contributed by atoms with E-state index >= 15 is 0 Å². The third-order valence-corrected chi connectivity index (χ3v) is 6.63. The lowest BCUT2D eigenvalue weighted by molar-refractivity contribution is -0.142. The lowest BCUT2D eigenvalue weighted by atomic mass is 10.00. The summed E-state index contributed by atoms with van der Waals surface area (Å²) in [7, 11) is 0. The molecule has 2 heterocycles. The minimum absolute atomic E-state index is 0.0241. The van der Waals surface area contributed by atoms with Crippen LogP contribution in [-0.4, -0.2) is 67.9 Å². The highest BCUT2D eigenvalue weighted by Gasteiger charge is 2.32. The number of nitrogens with one attached hydrogen (secondary N) is 5. The molecule has 3 amide bonds. The van der Waals surface area contributed by atoms with Crippen LogP contribution in [0, 0.1) is 11.8 Å². The molecule has 4 unspecified atom stereocenters.